The molecule has 1 nitrogen and oxygen atoms in total. The van der Waals surface area contributed by atoms with Crippen LogP contribution in [0.2, 0.25) is 0 Å². The summed E-state index contributed by atoms with van der Waals surface area (Å²) in [6.45, 7) is 0.988. The van der Waals surface area contributed by atoms with Crippen LogP contribution in [-0.4, -0.2) is 24.1 Å². The highest BCUT2D eigenvalue weighted by Crippen LogP contribution is 2.16. The van der Waals surface area contributed by atoms with E-state index in [-0.39, 0.29) is 0 Å². The molecule has 1 N–H and O–H groups in total. The summed E-state index contributed by atoms with van der Waals surface area (Å²) >= 11 is 2.03. The molecule has 0 radical (unpaired) electrons. The minimum atomic E-state index is 0.735. The highest BCUT2D eigenvalue weighted by atomic mass is 32.2. The summed E-state index contributed by atoms with van der Waals surface area (Å²) < 4.78 is 0. The third-order valence-electron chi connectivity index (χ3n) is 1.63. The molecular weight excluding hydrogens is 142 g/mol. The van der Waals surface area contributed by atoms with Gasteiger partial charge in [-0.05, 0) is 12.2 Å². The van der Waals surface area contributed by atoms with Gasteiger partial charge in [0.05, 0.1) is 0 Å². The highest BCUT2D eigenvalue weighted by molar-refractivity contribution is 7.99. The molecule has 0 aromatic rings. The molecule has 0 aromatic carbocycles. The van der Waals surface area contributed by atoms with Crippen LogP contribution >= 0.6 is 11.8 Å². The lowest BCUT2D eigenvalue weighted by molar-refractivity contribution is 0.567. The number of thioether (sulfide) groups is 1. The molecule has 1 aliphatic rings. The fourth-order valence-electron chi connectivity index (χ4n) is 1.04. The maximum absolute atomic E-state index is 5.12. The van der Waals surface area contributed by atoms with E-state index in [9.17, 15) is 0 Å². The average Bonchev–Trinajstić information content (AvgIpc) is 2.41. The fourth-order valence-corrected chi connectivity index (χ4v) is 2.23. The molecule has 0 spiro atoms. The number of hydrogen-bond donors (Lipinski definition) is 1. The molecule has 1 rings (SSSR count). The maximum Gasteiger partial charge on any atom is 0.0212 e. The molecule has 2 heteroatoms. The van der Waals surface area contributed by atoms with Crippen molar-refractivity contribution in [2.24, 2.45) is 0 Å². The largest absolute Gasteiger partial charge is 0.312 e. The monoisotopic (exact) mass is 155 g/mol. The predicted molar refractivity (Wildman–Crippen MR) is 47.2 cm³/mol. The van der Waals surface area contributed by atoms with Gasteiger partial charge in [0.1, 0.15) is 0 Å². The van der Waals surface area contributed by atoms with Crippen LogP contribution in [-0.2, 0) is 0 Å². The van der Waals surface area contributed by atoms with Crippen LogP contribution in [0.3, 0.4) is 0 Å². The van der Waals surface area contributed by atoms with Gasteiger partial charge in [-0.1, -0.05) is 0 Å². The van der Waals surface area contributed by atoms with Gasteiger partial charge in [0.15, 0.2) is 0 Å². The van der Waals surface area contributed by atoms with Crippen molar-refractivity contribution in [3.05, 3.63) is 0 Å². The van der Waals surface area contributed by atoms with Gasteiger partial charge in [-0.2, -0.15) is 11.8 Å². The Bertz CT molecular complexity index is 122. The summed E-state index contributed by atoms with van der Waals surface area (Å²) in [7, 11) is 0. The summed E-state index contributed by atoms with van der Waals surface area (Å²) in [5, 5.41) is 3.42. The molecule has 1 fully saturated rings. The van der Waals surface area contributed by atoms with E-state index in [0.717, 1.165) is 19.0 Å². The third kappa shape index (κ3) is 2.64. The van der Waals surface area contributed by atoms with Gasteiger partial charge >= 0.3 is 0 Å². The van der Waals surface area contributed by atoms with Crippen LogP contribution in [0.15, 0.2) is 0 Å². The molecular formula is C8H13NS. The van der Waals surface area contributed by atoms with Gasteiger partial charge in [-0.25, -0.2) is 0 Å². The minimum absolute atomic E-state index is 0.735. The van der Waals surface area contributed by atoms with Gasteiger partial charge in [-0.15, -0.1) is 12.3 Å². The Balaban J connectivity index is 1.97. The normalized spacial score (nSPS) is 24.5. The summed E-state index contributed by atoms with van der Waals surface area (Å²) in [6, 6.07) is 0.735. The van der Waals surface area contributed by atoms with Crippen LogP contribution in [0.4, 0.5) is 0 Å². The van der Waals surface area contributed by atoms with Gasteiger partial charge in [0.25, 0.3) is 0 Å². The number of hydrogen-bond acceptors (Lipinski definition) is 2. The molecule has 0 saturated carbocycles. The van der Waals surface area contributed by atoms with Crippen molar-refractivity contribution in [2.75, 3.05) is 18.1 Å². The predicted octanol–water partition coefficient (Wildman–Crippen LogP) is 1.10. The van der Waals surface area contributed by atoms with E-state index in [4.69, 9.17) is 6.42 Å². The van der Waals surface area contributed by atoms with Crippen LogP contribution in [0, 0.1) is 12.3 Å². The molecule has 1 atom stereocenters. The first-order valence-corrected chi connectivity index (χ1v) is 4.83. The van der Waals surface area contributed by atoms with Gasteiger partial charge in [-0.3, -0.25) is 0 Å². The molecule has 10 heavy (non-hydrogen) atoms. The maximum atomic E-state index is 5.12. The molecule has 1 aliphatic heterocycles. The van der Waals surface area contributed by atoms with Gasteiger partial charge in [0.2, 0.25) is 0 Å². The lowest BCUT2D eigenvalue weighted by Gasteiger charge is -2.08. The summed E-state index contributed by atoms with van der Waals surface area (Å²) in [4.78, 5) is 0. The first-order chi connectivity index (χ1) is 4.93. The van der Waals surface area contributed by atoms with Crippen molar-refractivity contribution in [1.82, 2.24) is 5.32 Å². The zero-order chi connectivity index (χ0) is 7.23. The number of rotatable bonds is 3. The first kappa shape index (κ1) is 7.97. The average molecular weight is 155 g/mol. The van der Waals surface area contributed by atoms with Crippen molar-refractivity contribution >= 4 is 11.8 Å². The fraction of sp³-hybridized carbons (Fsp3) is 0.750. The Hall–Kier alpha value is -0.130. The Labute approximate surface area is 67.0 Å². The van der Waals surface area contributed by atoms with Crippen LogP contribution in [0.1, 0.15) is 12.8 Å². The van der Waals surface area contributed by atoms with E-state index in [0.29, 0.717) is 0 Å². The molecule has 1 unspecified atom stereocenters. The van der Waals surface area contributed by atoms with Crippen molar-refractivity contribution in [2.45, 2.75) is 18.9 Å². The molecule has 0 amide bonds. The second kappa shape index (κ2) is 4.65. The Morgan fingerprint density at radius 3 is 3.20 bits per heavy atom. The van der Waals surface area contributed by atoms with Crippen molar-refractivity contribution in [3.8, 4) is 12.3 Å². The Kier molecular flexibility index (Phi) is 3.71. The van der Waals surface area contributed by atoms with Crippen molar-refractivity contribution in [1.29, 1.82) is 0 Å². The first-order valence-electron chi connectivity index (χ1n) is 3.68. The van der Waals surface area contributed by atoms with E-state index in [1.54, 1.807) is 0 Å². The van der Waals surface area contributed by atoms with E-state index < -0.39 is 0 Å². The number of nitrogens with one attached hydrogen (secondary N) is 1. The Morgan fingerprint density at radius 2 is 2.60 bits per heavy atom. The lowest BCUT2D eigenvalue weighted by atomic mass is 10.2. The SMILES string of the molecule is C#CCCNC1CCSC1. The van der Waals surface area contributed by atoms with E-state index in [2.05, 4.69) is 11.2 Å². The second-order valence-electron chi connectivity index (χ2n) is 2.47. The van der Waals surface area contributed by atoms with Gasteiger partial charge < -0.3 is 5.32 Å². The summed E-state index contributed by atoms with van der Waals surface area (Å²) in [5.41, 5.74) is 0. The number of terminal acetylenes is 1. The summed E-state index contributed by atoms with van der Waals surface area (Å²) in [6.07, 6.45) is 7.30. The van der Waals surface area contributed by atoms with E-state index in [1.165, 1.54) is 17.9 Å². The topological polar surface area (TPSA) is 12.0 Å². The molecule has 1 heterocycles. The quantitative estimate of drug-likeness (QED) is 0.484. The Morgan fingerprint density at radius 1 is 1.70 bits per heavy atom. The van der Waals surface area contributed by atoms with Crippen LogP contribution in [0.25, 0.3) is 0 Å². The van der Waals surface area contributed by atoms with E-state index >= 15 is 0 Å². The van der Waals surface area contributed by atoms with Crippen molar-refractivity contribution < 1.29 is 0 Å². The molecule has 1 saturated heterocycles. The van der Waals surface area contributed by atoms with Crippen molar-refractivity contribution in [3.63, 3.8) is 0 Å². The smallest absolute Gasteiger partial charge is 0.0212 e. The third-order valence-corrected chi connectivity index (χ3v) is 2.79. The van der Waals surface area contributed by atoms with Crippen LogP contribution in [0.5, 0.6) is 0 Å². The van der Waals surface area contributed by atoms with E-state index in [1.807, 2.05) is 11.8 Å². The highest BCUT2D eigenvalue weighted by Gasteiger charge is 2.13. The van der Waals surface area contributed by atoms with Crippen LogP contribution < -0.4 is 5.32 Å². The lowest BCUT2D eigenvalue weighted by Crippen LogP contribution is -2.29. The summed E-state index contributed by atoms with van der Waals surface area (Å²) in [5.74, 6) is 5.20. The second-order valence-corrected chi connectivity index (χ2v) is 3.62. The molecule has 56 valence electrons. The minimum Gasteiger partial charge on any atom is -0.312 e. The zero-order valence-electron chi connectivity index (χ0n) is 6.10. The molecule has 0 bridgehead atoms. The zero-order valence-corrected chi connectivity index (χ0v) is 6.91. The molecule has 0 aromatic heterocycles. The van der Waals surface area contributed by atoms with Gasteiger partial charge in [0, 0.05) is 24.8 Å². The molecule has 0 aliphatic carbocycles. The standard InChI is InChI=1S/C8H13NS/c1-2-3-5-9-8-4-6-10-7-8/h1,8-9H,3-7H2.